The summed E-state index contributed by atoms with van der Waals surface area (Å²) in [5.74, 6) is 4.59. The van der Waals surface area contributed by atoms with Gasteiger partial charge in [0.25, 0.3) is 0 Å². The molecule has 0 aliphatic rings. The van der Waals surface area contributed by atoms with Crippen molar-refractivity contribution in [3.8, 4) is 5.75 Å². The molecule has 0 heterocycles. The first-order chi connectivity index (χ1) is 6.42. The van der Waals surface area contributed by atoms with Gasteiger partial charge >= 0.3 is 6.36 Å². The normalized spacial score (nSPS) is 11.2. The number of ether oxygens (including phenoxy) is 1. The molecule has 14 heavy (non-hydrogen) atoms. The van der Waals surface area contributed by atoms with Crippen molar-refractivity contribution in [2.24, 2.45) is 5.84 Å². The number of halogens is 3. The fourth-order valence-electron chi connectivity index (χ4n) is 0.839. The summed E-state index contributed by atoms with van der Waals surface area (Å²) in [5.41, 5.74) is 2.13. The highest BCUT2D eigenvalue weighted by atomic mass is 32.1. The number of nitrogen functional groups attached to an aromatic ring is 1. The molecule has 0 bridgehead atoms. The first kappa shape index (κ1) is 11.0. The Morgan fingerprint density at radius 3 is 2.50 bits per heavy atom. The number of nitrogens with two attached hydrogens (primary N) is 1. The quantitative estimate of drug-likeness (QED) is 0.410. The molecule has 0 fully saturated rings. The molecule has 3 nitrogen and oxygen atoms in total. The van der Waals surface area contributed by atoms with E-state index >= 15 is 0 Å². The molecule has 0 saturated heterocycles. The molecule has 78 valence electrons. The van der Waals surface area contributed by atoms with Gasteiger partial charge in [-0.15, -0.1) is 25.8 Å². The Kier molecular flexibility index (Phi) is 3.12. The Morgan fingerprint density at radius 2 is 2.00 bits per heavy atom. The zero-order valence-electron chi connectivity index (χ0n) is 6.80. The third-order valence-electron chi connectivity index (χ3n) is 1.35. The van der Waals surface area contributed by atoms with E-state index < -0.39 is 12.1 Å². The third-order valence-corrected chi connectivity index (χ3v) is 1.62. The molecule has 3 N–H and O–H groups in total. The van der Waals surface area contributed by atoms with Crippen LogP contribution in [-0.4, -0.2) is 6.36 Å². The second-order valence-corrected chi connectivity index (χ2v) is 2.89. The van der Waals surface area contributed by atoms with Gasteiger partial charge in [0, 0.05) is 4.90 Å². The standard InChI is InChI=1S/C7H7F3N2OS/c8-7(9,10)13-6-3-4(14)1-2-5(6)12-11/h1-3,12,14H,11H2. The molecule has 1 aromatic rings. The smallest absolute Gasteiger partial charge is 0.403 e. The first-order valence-corrected chi connectivity index (χ1v) is 3.92. The van der Waals surface area contributed by atoms with Crippen LogP contribution in [0.25, 0.3) is 0 Å². The maximum Gasteiger partial charge on any atom is 0.573 e. The summed E-state index contributed by atoms with van der Waals surface area (Å²) in [4.78, 5) is 0.350. The number of nitrogens with one attached hydrogen (secondary N) is 1. The Labute approximate surface area is 83.4 Å². The van der Waals surface area contributed by atoms with Gasteiger partial charge in [0.2, 0.25) is 0 Å². The van der Waals surface area contributed by atoms with E-state index in [0.29, 0.717) is 4.90 Å². The van der Waals surface area contributed by atoms with E-state index in [1.807, 2.05) is 0 Å². The van der Waals surface area contributed by atoms with E-state index in [0.717, 1.165) is 6.07 Å². The fourth-order valence-corrected chi connectivity index (χ4v) is 1.03. The number of hydrogen-bond acceptors (Lipinski definition) is 4. The highest BCUT2D eigenvalue weighted by Crippen LogP contribution is 2.31. The molecule has 1 rings (SSSR count). The molecular weight excluding hydrogens is 217 g/mol. The predicted molar refractivity (Wildman–Crippen MR) is 48.2 cm³/mol. The van der Waals surface area contributed by atoms with Crippen LogP contribution in [-0.2, 0) is 0 Å². The van der Waals surface area contributed by atoms with Gasteiger partial charge in [0.1, 0.15) is 0 Å². The van der Waals surface area contributed by atoms with Crippen LogP contribution in [0.5, 0.6) is 5.75 Å². The van der Waals surface area contributed by atoms with Gasteiger partial charge in [-0.2, -0.15) is 0 Å². The van der Waals surface area contributed by atoms with Crippen molar-refractivity contribution in [2.45, 2.75) is 11.3 Å². The lowest BCUT2D eigenvalue weighted by molar-refractivity contribution is -0.274. The van der Waals surface area contributed by atoms with Crippen molar-refractivity contribution in [2.75, 3.05) is 5.43 Å². The lowest BCUT2D eigenvalue weighted by Crippen LogP contribution is -2.19. The van der Waals surface area contributed by atoms with Gasteiger partial charge < -0.3 is 10.2 Å². The minimum atomic E-state index is -4.74. The topological polar surface area (TPSA) is 47.3 Å². The lowest BCUT2D eigenvalue weighted by atomic mass is 10.3. The number of rotatable bonds is 2. The molecule has 0 radical (unpaired) electrons. The van der Waals surface area contributed by atoms with Crippen molar-refractivity contribution >= 4 is 18.3 Å². The number of hydrazine groups is 1. The van der Waals surface area contributed by atoms with E-state index in [4.69, 9.17) is 5.84 Å². The minimum Gasteiger partial charge on any atom is -0.403 e. The largest absolute Gasteiger partial charge is 0.573 e. The monoisotopic (exact) mass is 224 g/mol. The summed E-state index contributed by atoms with van der Waals surface area (Å²) >= 11 is 3.87. The van der Waals surface area contributed by atoms with Gasteiger partial charge in [-0.05, 0) is 18.2 Å². The van der Waals surface area contributed by atoms with Crippen LogP contribution >= 0.6 is 12.6 Å². The molecule has 0 aliphatic carbocycles. The second kappa shape index (κ2) is 3.97. The van der Waals surface area contributed by atoms with Gasteiger partial charge in [0.15, 0.2) is 5.75 Å². The summed E-state index contributed by atoms with van der Waals surface area (Å²) in [7, 11) is 0. The molecular formula is C7H7F3N2OS. The highest BCUT2D eigenvalue weighted by molar-refractivity contribution is 7.80. The van der Waals surface area contributed by atoms with Crippen LogP contribution in [0.4, 0.5) is 18.9 Å². The summed E-state index contributed by atoms with van der Waals surface area (Å²) in [6.45, 7) is 0. The SMILES string of the molecule is NNc1ccc(S)cc1OC(F)(F)F. The van der Waals surface area contributed by atoms with E-state index in [1.54, 1.807) is 0 Å². The van der Waals surface area contributed by atoms with Crippen molar-refractivity contribution in [1.29, 1.82) is 0 Å². The van der Waals surface area contributed by atoms with Gasteiger partial charge in [-0.25, -0.2) is 0 Å². The van der Waals surface area contributed by atoms with Crippen molar-refractivity contribution in [3.63, 3.8) is 0 Å². The minimum absolute atomic E-state index is 0.0418. The number of anilines is 1. The molecule has 0 atom stereocenters. The second-order valence-electron chi connectivity index (χ2n) is 2.37. The molecule has 0 aromatic heterocycles. The molecule has 0 spiro atoms. The fraction of sp³-hybridized carbons (Fsp3) is 0.143. The molecule has 0 aliphatic heterocycles. The van der Waals surface area contributed by atoms with Crippen LogP contribution < -0.4 is 16.0 Å². The zero-order valence-corrected chi connectivity index (χ0v) is 7.69. The first-order valence-electron chi connectivity index (χ1n) is 3.48. The van der Waals surface area contributed by atoms with Gasteiger partial charge in [0.05, 0.1) is 5.69 Å². The lowest BCUT2D eigenvalue weighted by Gasteiger charge is -2.12. The average molecular weight is 224 g/mol. The van der Waals surface area contributed by atoms with Crippen LogP contribution in [0.15, 0.2) is 23.1 Å². The van der Waals surface area contributed by atoms with Crippen molar-refractivity contribution < 1.29 is 17.9 Å². The van der Waals surface area contributed by atoms with E-state index in [9.17, 15) is 13.2 Å². The van der Waals surface area contributed by atoms with E-state index in [-0.39, 0.29) is 5.69 Å². The molecule has 1 aromatic carbocycles. The molecule has 0 saturated carbocycles. The Balaban J connectivity index is 2.99. The maximum atomic E-state index is 11.9. The zero-order chi connectivity index (χ0) is 10.8. The van der Waals surface area contributed by atoms with Gasteiger partial charge in [-0.3, -0.25) is 5.84 Å². The summed E-state index contributed by atoms with van der Waals surface area (Å²) in [6.07, 6.45) is -4.74. The summed E-state index contributed by atoms with van der Waals surface area (Å²) in [6, 6.07) is 3.94. The molecule has 7 heteroatoms. The van der Waals surface area contributed by atoms with Crippen molar-refractivity contribution in [1.82, 2.24) is 0 Å². The highest BCUT2D eigenvalue weighted by Gasteiger charge is 2.32. The molecule has 0 amide bonds. The average Bonchev–Trinajstić information content (AvgIpc) is 2.01. The number of thiol groups is 1. The maximum absolute atomic E-state index is 11.9. The third kappa shape index (κ3) is 3.00. The predicted octanol–water partition coefficient (Wildman–Crippen LogP) is 2.16. The molecule has 0 unspecified atom stereocenters. The van der Waals surface area contributed by atoms with E-state index in [2.05, 4.69) is 22.8 Å². The Bertz CT molecular complexity index is 329. The number of hydrogen-bond donors (Lipinski definition) is 3. The van der Waals surface area contributed by atoms with Crippen LogP contribution in [0.1, 0.15) is 0 Å². The van der Waals surface area contributed by atoms with Gasteiger partial charge in [-0.1, -0.05) is 0 Å². The van der Waals surface area contributed by atoms with Crippen LogP contribution in [0.3, 0.4) is 0 Å². The number of benzene rings is 1. The van der Waals surface area contributed by atoms with Crippen molar-refractivity contribution in [3.05, 3.63) is 18.2 Å². The van der Waals surface area contributed by atoms with E-state index in [1.165, 1.54) is 12.1 Å². The summed E-state index contributed by atoms with van der Waals surface area (Å²) in [5, 5.41) is 0. The van der Waals surface area contributed by atoms with Crippen LogP contribution in [0.2, 0.25) is 0 Å². The van der Waals surface area contributed by atoms with Crippen LogP contribution in [0, 0.1) is 0 Å². The summed E-state index contributed by atoms with van der Waals surface area (Å²) < 4.78 is 39.3. The Morgan fingerprint density at radius 1 is 1.36 bits per heavy atom. The Hall–Kier alpha value is -1.08. The number of alkyl halides is 3.